The van der Waals surface area contributed by atoms with Gasteiger partial charge in [0.05, 0.1) is 11.8 Å². The summed E-state index contributed by atoms with van der Waals surface area (Å²) in [4.78, 5) is 11.2. The lowest BCUT2D eigenvalue weighted by atomic mass is 9.92. The van der Waals surface area contributed by atoms with Crippen molar-refractivity contribution in [1.29, 1.82) is 0 Å². The summed E-state index contributed by atoms with van der Waals surface area (Å²) in [5, 5.41) is 1.06. The van der Waals surface area contributed by atoms with E-state index in [0.29, 0.717) is 17.9 Å². The molecule has 0 spiro atoms. The Morgan fingerprint density at radius 3 is 2.95 bits per heavy atom. The monoisotopic (exact) mass is 278 g/mol. The molecule has 0 bridgehead atoms. The van der Waals surface area contributed by atoms with Crippen molar-refractivity contribution in [3.8, 4) is 5.75 Å². The van der Waals surface area contributed by atoms with E-state index in [4.69, 9.17) is 9.15 Å². The first-order chi connectivity index (χ1) is 10.2. The van der Waals surface area contributed by atoms with Crippen molar-refractivity contribution >= 4 is 30.6 Å². The summed E-state index contributed by atoms with van der Waals surface area (Å²) < 4.78 is 11.2. The SMILES string of the molecule is Bc1cc(COc2cccc(C)c2C=O)cc2ccoc12. The summed E-state index contributed by atoms with van der Waals surface area (Å²) in [5.74, 6) is 0.620. The second-order valence-corrected chi connectivity index (χ2v) is 5.14. The van der Waals surface area contributed by atoms with Crippen LogP contribution in [0.2, 0.25) is 0 Å². The molecular weight excluding hydrogens is 263 g/mol. The van der Waals surface area contributed by atoms with E-state index >= 15 is 0 Å². The van der Waals surface area contributed by atoms with Crippen molar-refractivity contribution in [1.82, 2.24) is 0 Å². The van der Waals surface area contributed by atoms with E-state index in [9.17, 15) is 4.79 Å². The molecule has 21 heavy (non-hydrogen) atoms. The molecule has 1 aromatic heterocycles. The second-order valence-electron chi connectivity index (χ2n) is 5.14. The fourth-order valence-electron chi connectivity index (χ4n) is 2.51. The highest BCUT2D eigenvalue weighted by molar-refractivity contribution is 6.38. The Balaban J connectivity index is 1.86. The summed E-state index contributed by atoms with van der Waals surface area (Å²) in [6.07, 6.45) is 2.53. The Morgan fingerprint density at radius 2 is 2.14 bits per heavy atom. The molecule has 2 aromatic carbocycles. The topological polar surface area (TPSA) is 39.4 Å². The molecule has 104 valence electrons. The van der Waals surface area contributed by atoms with Gasteiger partial charge in [-0.05, 0) is 41.7 Å². The first-order valence-electron chi connectivity index (χ1n) is 6.83. The maximum absolute atomic E-state index is 11.2. The largest absolute Gasteiger partial charge is 0.488 e. The van der Waals surface area contributed by atoms with E-state index in [1.807, 2.05) is 51.2 Å². The summed E-state index contributed by atoms with van der Waals surface area (Å²) in [6, 6.07) is 11.6. The molecule has 4 heteroatoms. The third-order valence-electron chi connectivity index (χ3n) is 3.59. The van der Waals surface area contributed by atoms with Crippen LogP contribution < -0.4 is 10.2 Å². The number of rotatable bonds is 4. The number of hydrogen-bond acceptors (Lipinski definition) is 3. The van der Waals surface area contributed by atoms with Gasteiger partial charge in [0, 0.05) is 5.39 Å². The second kappa shape index (κ2) is 5.48. The fourth-order valence-corrected chi connectivity index (χ4v) is 2.51. The van der Waals surface area contributed by atoms with Crippen LogP contribution in [0.25, 0.3) is 11.0 Å². The Labute approximate surface area is 123 Å². The van der Waals surface area contributed by atoms with Gasteiger partial charge in [-0.15, -0.1) is 0 Å². The lowest BCUT2D eigenvalue weighted by Gasteiger charge is -2.11. The Bertz CT molecular complexity index is 805. The van der Waals surface area contributed by atoms with Gasteiger partial charge in [-0.1, -0.05) is 18.2 Å². The van der Waals surface area contributed by atoms with Gasteiger partial charge in [-0.2, -0.15) is 0 Å². The molecule has 0 fully saturated rings. The molecule has 3 nitrogen and oxygen atoms in total. The Hall–Kier alpha value is -2.49. The minimum absolute atomic E-state index is 0.423. The molecule has 0 saturated carbocycles. The van der Waals surface area contributed by atoms with Crippen LogP contribution >= 0.6 is 0 Å². The molecular formula is C17H15BO3. The molecule has 0 saturated heterocycles. The minimum Gasteiger partial charge on any atom is -0.488 e. The predicted octanol–water partition coefficient (Wildman–Crippen LogP) is 2.39. The Kier molecular flexibility index (Phi) is 3.52. The van der Waals surface area contributed by atoms with Gasteiger partial charge in [0.25, 0.3) is 0 Å². The standard InChI is InChI=1S/C17H15BO3/c1-11-3-2-4-16(14(11)9-19)21-10-12-7-13-5-6-20-17(13)15(18)8-12/h2-9H,10,18H2,1H3. The van der Waals surface area contributed by atoms with Gasteiger partial charge in [0.2, 0.25) is 0 Å². The fraction of sp³-hybridized carbons (Fsp3) is 0.118. The summed E-state index contributed by atoms with van der Waals surface area (Å²) >= 11 is 0. The number of benzene rings is 2. The highest BCUT2D eigenvalue weighted by Crippen LogP contribution is 2.22. The molecule has 0 unspecified atom stereocenters. The van der Waals surface area contributed by atoms with Crippen LogP contribution in [0, 0.1) is 6.92 Å². The lowest BCUT2D eigenvalue weighted by Crippen LogP contribution is -2.07. The van der Waals surface area contributed by atoms with E-state index in [1.54, 1.807) is 6.26 Å². The van der Waals surface area contributed by atoms with Crippen molar-refractivity contribution in [2.24, 2.45) is 0 Å². The molecule has 3 aromatic rings. The van der Waals surface area contributed by atoms with Crippen molar-refractivity contribution in [2.45, 2.75) is 13.5 Å². The number of hydrogen-bond donors (Lipinski definition) is 0. The van der Waals surface area contributed by atoms with Crippen LogP contribution in [0.3, 0.4) is 0 Å². The predicted molar refractivity (Wildman–Crippen MR) is 85.3 cm³/mol. The molecule has 0 radical (unpaired) electrons. The van der Waals surface area contributed by atoms with Gasteiger partial charge in [0.1, 0.15) is 25.8 Å². The summed E-state index contributed by atoms with van der Waals surface area (Å²) in [7, 11) is 2.01. The highest BCUT2D eigenvalue weighted by atomic mass is 16.5. The summed E-state index contributed by atoms with van der Waals surface area (Å²) in [6.45, 7) is 2.32. The molecule has 0 amide bonds. The third kappa shape index (κ3) is 2.57. The average Bonchev–Trinajstić information content (AvgIpc) is 2.94. The summed E-state index contributed by atoms with van der Waals surface area (Å²) in [5.41, 5.74) is 4.57. The number of carbonyl (C=O) groups excluding carboxylic acids is 1. The number of aldehydes is 1. The van der Waals surface area contributed by atoms with E-state index in [1.165, 1.54) is 0 Å². The third-order valence-corrected chi connectivity index (χ3v) is 3.59. The average molecular weight is 278 g/mol. The van der Waals surface area contributed by atoms with Crippen LogP contribution in [0.15, 0.2) is 47.1 Å². The van der Waals surface area contributed by atoms with E-state index < -0.39 is 0 Å². The van der Waals surface area contributed by atoms with Crippen molar-refractivity contribution in [3.63, 3.8) is 0 Å². The van der Waals surface area contributed by atoms with Crippen molar-refractivity contribution < 1.29 is 13.9 Å². The van der Waals surface area contributed by atoms with Crippen LogP contribution in [0.4, 0.5) is 0 Å². The smallest absolute Gasteiger partial charge is 0.154 e. The first-order valence-corrected chi connectivity index (χ1v) is 6.83. The van der Waals surface area contributed by atoms with Gasteiger partial charge >= 0.3 is 0 Å². The van der Waals surface area contributed by atoms with Crippen molar-refractivity contribution in [3.05, 3.63) is 59.4 Å². The minimum atomic E-state index is 0.423. The van der Waals surface area contributed by atoms with E-state index in [2.05, 4.69) is 0 Å². The number of aryl methyl sites for hydroxylation is 1. The van der Waals surface area contributed by atoms with Gasteiger partial charge < -0.3 is 9.15 Å². The van der Waals surface area contributed by atoms with Gasteiger partial charge in [-0.3, -0.25) is 4.79 Å². The molecule has 3 rings (SSSR count). The van der Waals surface area contributed by atoms with Crippen LogP contribution in [-0.2, 0) is 6.61 Å². The van der Waals surface area contributed by atoms with Gasteiger partial charge in [0.15, 0.2) is 6.29 Å². The number of fused-ring (bicyclic) bond motifs is 1. The quantitative estimate of drug-likeness (QED) is 0.543. The zero-order chi connectivity index (χ0) is 14.8. The molecule has 0 aliphatic carbocycles. The number of ether oxygens (including phenoxy) is 1. The zero-order valence-corrected chi connectivity index (χ0v) is 12.1. The van der Waals surface area contributed by atoms with E-state index in [-0.39, 0.29) is 0 Å². The van der Waals surface area contributed by atoms with E-state index in [0.717, 1.165) is 33.8 Å². The number of furan rings is 1. The van der Waals surface area contributed by atoms with Crippen LogP contribution in [-0.4, -0.2) is 14.1 Å². The highest BCUT2D eigenvalue weighted by Gasteiger charge is 2.08. The molecule has 0 atom stereocenters. The molecule has 0 aliphatic heterocycles. The van der Waals surface area contributed by atoms with Gasteiger partial charge in [-0.25, -0.2) is 0 Å². The maximum Gasteiger partial charge on any atom is 0.154 e. The van der Waals surface area contributed by atoms with Crippen LogP contribution in [0.5, 0.6) is 5.75 Å². The zero-order valence-electron chi connectivity index (χ0n) is 12.1. The van der Waals surface area contributed by atoms with Crippen molar-refractivity contribution in [2.75, 3.05) is 0 Å². The lowest BCUT2D eigenvalue weighted by molar-refractivity contribution is 0.111. The molecule has 0 aliphatic rings. The molecule has 0 N–H and O–H groups in total. The Morgan fingerprint density at radius 1 is 1.29 bits per heavy atom. The first kappa shape index (κ1) is 13.5. The molecule has 1 heterocycles. The normalized spacial score (nSPS) is 10.7. The van der Waals surface area contributed by atoms with Crippen LogP contribution in [0.1, 0.15) is 21.5 Å². The number of carbonyl (C=O) groups is 1. The maximum atomic E-state index is 11.2.